The molecule has 2 N–H and O–H groups in total. The molecule has 4 rings (SSSR count). The minimum Gasteiger partial charge on any atom is -0.455 e. The van der Waals surface area contributed by atoms with Crippen LogP contribution in [0.15, 0.2) is 52.1 Å². The highest BCUT2D eigenvalue weighted by Crippen LogP contribution is 2.30. The summed E-state index contributed by atoms with van der Waals surface area (Å²) in [6.45, 7) is 5.70. The van der Waals surface area contributed by atoms with Gasteiger partial charge in [-0.2, -0.15) is 5.10 Å². The standard InChI is InChI=1S/C24H24N4O3/c1-14-6-4-7-17(12-14)23(29)28-27-18-8-5-9-19-21(18)16(3)22(31-19)24(30)26-20-13-15(2)10-11-25-20/h4,6-7,10-13H,5,8-9H2,1-3H3,(H,28,29)(H,25,26,30)/b27-18+. The van der Waals surface area contributed by atoms with Gasteiger partial charge in [-0.1, -0.05) is 17.7 Å². The Balaban J connectivity index is 1.57. The van der Waals surface area contributed by atoms with Gasteiger partial charge in [0.05, 0.1) is 5.71 Å². The minimum absolute atomic E-state index is 0.243. The van der Waals surface area contributed by atoms with Crippen LogP contribution in [0.1, 0.15) is 61.8 Å². The van der Waals surface area contributed by atoms with Crippen molar-refractivity contribution in [2.24, 2.45) is 5.10 Å². The van der Waals surface area contributed by atoms with Crippen molar-refractivity contribution in [3.05, 3.63) is 81.9 Å². The first-order chi connectivity index (χ1) is 14.9. The molecule has 158 valence electrons. The van der Waals surface area contributed by atoms with Crippen molar-refractivity contribution >= 4 is 23.3 Å². The first kappa shape index (κ1) is 20.5. The van der Waals surface area contributed by atoms with E-state index in [1.54, 1.807) is 18.3 Å². The second-order valence-corrected chi connectivity index (χ2v) is 7.75. The Morgan fingerprint density at radius 1 is 1.03 bits per heavy atom. The molecule has 2 amide bonds. The Morgan fingerprint density at radius 3 is 2.61 bits per heavy atom. The summed E-state index contributed by atoms with van der Waals surface area (Å²) < 4.78 is 5.91. The topological polar surface area (TPSA) is 96.6 Å². The zero-order chi connectivity index (χ0) is 22.0. The highest BCUT2D eigenvalue weighted by atomic mass is 16.4. The Labute approximate surface area is 180 Å². The number of hydrogen-bond acceptors (Lipinski definition) is 5. The van der Waals surface area contributed by atoms with Gasteiger partial charge in [-0.25, -0.2) is 10.4 Å². The first-order valence-corrected chi connectivity index (χ1v) is 10.2. The molecule has 1 aromatic carbocycles. The monoisotopic (exact) mass is 416 g/mol. The predicted molar refractivity (Wildman–Crippen MR) is 118 cm³/mol. The van der Waals surface area contributed by atoms with Gasteiger partial charge >= 0.3 is 0 Å². The number of benzene rings is 1. The molecule has 2 aromatic heterocycles. The smallest absolute Gasteiger partial charge is 0.292 e. The van der Waals surface area contributed by atoms with E-state index in [0.717, 1.165) is 41.0 Å². The van der Waals surface area contributed by atoms with Crippen LogP contribution in [0.25, 0.3) is 0 Å². The fourth-order valence-electron chi connectivity index (χ4n) is 3.74. The maximum atomic E-state index is 12.8. The van der Waals surface area contributed by atoms with Crippen molar-refractivity contribution in [3.8, 4) is 0 Å². The number of hydrogen-bond donors (Lipinski definition) is 2. The Hall–Kier alpha value is -3.74. The molecule has 0 spiro atoms. The van der Waals surface area contributed by atoms with Gasteiger partial charge in [0.25, 0.3) is 11.8 Å². The van der Waals surface area contributed by atoms with E-state index in [1.165, 1.54) is 0 Å². The van der Waals surface area contributed by atoms with Crippen LogP contribution in [0, 0.1) is 20.8 Å². The number of nitrogens with zero attached hydrogens (tertiary/aromatic N) is 2. The molecule has 1 aliphatic rings. The van der Waals surface area contributed by atoms with Crippen LogP contribution < -0.4 is 10.7 Å². The van der Waals surface area contributed by atoms with Gasteiger partial charge in [0.15, 0.2) is 5.76 Å². The van der Waals surface area contributed by atoms with Crippen molar-refractivity contribution in [2.45, 2.75) is 40.0 Å². The van der Waals surface area contributed by atoms with Crippen LogP contribution >= 0.6 is 0 Å². The third kappa shape index (κ3) is 4.40. The average Bonchev–Trinajstić information content (AvgIpc) is 3.09. The average molecular weight is 416 g/mol. The highest BCUT2D eigenvalue weighted by Gasteiger charge is 2.28. The van der Waals surface area contributed by atoms with Crippen molar-refractivity contribution in [3.63, 3.8) is 0 Å². The maximum absolute atomic E-state index is 12.8. The number of aryl methyl sites for hydroxylation is 3. The fourth-order valence-corrected chi connectivity index (χ4v) is 3.74. The second kappa shape index (κ2) is 8.55. The van der Waals surface area contributed by atoms with Gasteiger partial charge in [0.1, 0.15) is 11.6 Å². The van der Waals surface area contributed by atoms with E-state index in [0.29, 0.717) is 23.4 Å². The van der Waals surface area contributed by atoms with Crippen molar-refractivity contribution in [1.29, 1.82) is 0 Å². The SMILES string of the molecule is Cc1cccc(C(=O)N/N=C2\CCCc3oc(C(=O)Nc4cc(C)ccn4)c(C)c32)c1. The molecule has 7 heteroatoms. The number of carbonyl (C=O) groups excluding carboxylic acids is 2. The fraction of sp³-hybridized carbons (Fsp3) is 0.250. The molecule has 1 aliphatic carbocycles. The third-order valence-corrected chi connectivity index (χ3v) is 5.26. The van der Waals surface area contributed by atoms with Crippen molar-refractivity contribution < 1.29 is 14.0 Å². The normalized spacial score (nSPS) is 14.2. The zero-order valence-corrected chi connectivity index (χ0v) is 17.8. The quantitative estimate of drug-likeness (QED) is 0.619. The van der Waals surface area contributed by atoms with Crippen LogP contribution in [-0.4, -0.2) is 22.5 Å². The summed E-state index contributed by atoms with van der Waals surface area (Å²) in [6, 6.07) is 11.0. The molecule has 3 aromatic rings. The second-order valence-electron chi connectivity index (χ2n) is 7.75. The molecule has 0 radical (unpaired) electrons. The number of hydrazone groups is 1. The highest BCUT2D eigenvalue weighted by molar-refractivity contribution is 6.09. The number of carbonyl (C=O) groups is 2. The van der Waals surface area contributed by atoms with Crippen molar-refractivity contribution in [1.82, 2.24) is 10.4 Å². The summed E-state index contributed by atoms with van der Waals surface area (Å²) in [5.41, 5.74) is 7.43. The van der Waals surface area contributed by atoms with Crippen LogP contribution in [-0.2, 0) is 6.42 Å². The van der Waals surface area contributed by atoms with E-state index in [1.807, 2.05) is 45.0 Å². The van der Waals surface area contributed by atoms with Crippen molar-refractivity contribution in [2.75, 3.05) is 5.32 Å². The molecule has 0 saturated carbocycles. The van der Waals surface area contributed by atoms with Crippen LogP contribution in [0.2, 0.25) is 0 Å². The molecular formula is C24H24N4O3. The lowest BCUT2D eigenvalue weighted by molar-refractivity contribution is 0.0953. The van der Waals surface area contributed by atoms with Crippen LogP contribution in [0.4, 0.5) is 5.82 Å². The molecule has 0 unspecified atom stereocenters. The molecule has 2 heterocycles. The number of pyridine rings is 1. The molecule has 0 saturated heterocycles. The van der Waals surface area contributed by atoms with E-state index < -0.39 is 0 Å². The largest absolute Gasteiger partial charge is 0.455 e. The Kier molecular flexibility index (Phi) is 5.66. The number of anilines is 1. The van der Waals surface area contributed by atoms with E-state index in [9.17, 15) is 9.59 Å². The summed E-state index contributed by atoms with van der Waals surface area (Å²) in [4.78, 5) is 29.4. The molecule has 0 atom stereocenters. The predicted octanol–water partition coefficient (Wildman–Crippen LogP) is 4.32. The van der Waals surface area contributed by atoms with Gasteiger partial charge in [-0.3, -0.25) is 9.59 Å². The summed E-state index contributed by atoms with van der Waals surface area (Å²) in [6.07, 6.45) is 3.89. The van der Waals surface area contributed by atoms with E-state index in [2.05, 4.69) is 20.8 Å². The van der Waals surface area contributed by atoms with E-state index in [-0.39, 0.29) is 17.6 Å². The lowest BCUT2D eigenvalue weighted by Crippen LogP contribution is -2.22. The van der Waals surface area contributed by atoms with Gasteiger partial charge in [0, 0.05) is 29.3 Å². The summed E-state index contributed by atoms with van der Waals surface area (Å²) in [5, 5.41) is 7.16. The maximum Gasteiger partial charge on any atom is 0.292 e. The minimum atomic E-state index is -0.354. The van der Waals surface area contributed by atoms with E-state index in [4.69, 9.17) is 4.42 Å². The van der Waals surface area contributed by atoms with Crippen LogP contribution in [0.3, 0.4) is 0 Å². The lowest BCUT2D eigenvalue weighted by Gasteiger charge is -2.13. The number of rotatable bonds is 4. The molecule has 0 fully saturated rings. The molecular weight excluding hydrogens is 392 g/mol. The van der Waals surface area contributed by atoms with E-state index >= 15 is 0 Å². The number of furan rings is 1. The summed E-state index contributed by atoms with van der Waals surface area (Å²) in [7, 11) is 0. The molecule has 31 heavy (non-hydrogen) atoms. The Morgan fingerprint density at radius 2 is 1.84 bits per heavy atom. The van der Waals surface area contributed by atoms with Gasteiger partial charge in [-0.05, 0) is 63.4 Å². The molecule has 0 bridgehead atoms. The molecule has 7 nitrogen and oxygen atoms in total. The number of aromatic nitrogens is 1. The van der Waals surface area contributed by atoms with Gasteiger partial charge in [0.2, 0.25) is 0 Å². The summed E-state index contributed by atoms with van der Waals surface area (Å²) >= 11 is 0. The molecule has 0 aliphatic heterocycles. The number of fused-ring (bicyclic) bond motifs is 1. The third-order valence-electron chi connectivity index (χ3n) is 5.26. The first-order valence-electron chi connectivity index (χ1n) is 10.2. The lowest BCUT2D eigenvalue weighted by atomic mass is 9.93. The van der Waals surface area contributed by atoms with Gasteiger partial charge in [-0.15, -0.1) is 0 Å². The number of amides is 2. The Bertz CT molecular complexity index is 1190. The number of nitrogens with one attached hydrogen (secondary N) is 2. The van der Waals surface area contributed by atoms with Crippen LogP contribution in [0.5, 0.6) is 0 Å². The summed E-state index contributed by atoms with van der Waals surface area (Å²) in [5.74, 6) is 0.807. The zero-order valence-electron chi connectivity index (χ0n) is 17.8. The van der Waals surface area contributed by atoms with Gasteiger partial charge < -0.3 is 9.73 Å².